The van der Waals surface area contributed by atoms with E-state index >= 15 is 0 Å². The Balaban J connectivity index is 2.35. The number of carbonyl (C=O) groups is 1. The van der Waals surface area contributed by atoms with Crippen LogP contribution in [0.4, 0.5) is 5.69 Å². The van der Waals surface area contributed by atoms with E-state index in [-0.39, 0.29) is 25.9 Å². The minimum Gasteiger partial charge on any atom is -0.495 e. The van der Waals surface area contributed by atoms with E-state index in [1.54, 1.807) is 22.6 Å². The fourth-order valence-corrected chi connectivity index (χ4v) is 3.07. The number of benzene rings is 1. The van der Waals surface area contributed by atoms with Crippen molar-refractivity contribution < 1.29 is 27.1 Å². The van der Waals surface area contributed by atoms with E-state index in [0.717, 1.165) is 6.26 Å². The number of ether oxygens (including phenoxy) is 2. The van der Waals surface area contributed by atoms with Crippen LogP contribution in [0.1, 0.15) is 10.4 Å². The molecule has 0 amide bonds. The Bertz CT molecular complexity index is 802. The summed E-state index contributed by atoms with van der Waals surface area (Å²) >= 11 is 1.76. The number of rotatable bonds is 5. The van der Waals surface area contributed by atoms with Crippen LogP contribution in [0.2, 0.25) is 0 Å². The summed E-state index contributed by atoms with van der Waals surface area (Å²) in [5.41, 5.74) is 0.395. The minimum absolute atomic E-state index is 0.160. The zero-order chi connectivity index (χ0) is 16.3. The lowest BCUT2D eigenvalue weighted by molar-refractivity contribution is 0.0600. The van der Waals surface area contributed by atoms with Gasteiger partial charge in [0.25, 0.3) is 13.9 Å². The van der Waals surface area contributed by atoms with Gasteiger partial charge in [0.05, 0.1) is 25.5 Å². The molecule has 2 rings (SSSR count). The van der Waals surface area contributed by atoms with Crippen LogP contribution in [-0.4, -0.2) is 33.6 Å². The highest BCUT2D eigenvalue weighted by atomic mass is 127. The zero-order valence-corrected chi connectivity index (χ0v) is 14.5. The van der Waals surface area contributed by atoms with Gasteiger partial charge in [-0.05, 0) is 18.2 Å². The third-order valence-electron chi connectivity index (χ3n) is 2.60. The molecule has 118 valence electrons. The van der Waals surface area contributed by atoms with Gasteiger partial charge in [-0.15, -0.1) is 0 Å². The fourth-order valence-electron chi connectivity index (χ4n) is 1.58. The highest BCUT2D eigenvalue weighted by Gasteiger charge is 2.21. The summed E-state index contributed by atoms with van der Waals surface area (Å²) in [4.78, 5) is 15.2. The maximum Gasteiger partial charge on any atom is 0.337 e. The van der Waals surface area contributed by atoms with Crippen LogP contribution in [0.3, 0.4) is 0 Å². The van der Waals surface area contributed by atoms with Crippen molar-refractivity contribution in [3.05, 3.63) is 33.9 Å². The molecule has 1 aromatic heterocycles. The number of hydrogen-bond acceptors (Lipinski definition) is 7. The standard InChI is InChI=1S/C12H11IN2O6S/c1-19-9-5-7(11(16)20-2)3-4-8(9)15-22(17,18)10-6-21-12(13)14-10/h3-6,15H,1-2H3. The Morgan fingerprint density at radius 3 is 2.64 bits per heavy atom. The Kier molecular flexibility index (Phi) is 4.90. The van der Waals surface area contributed by atoms with Crippen LogP contribution in [0.25, 0.3) is 0 Å². The van der Waals surface area contributed by atoms with Gasteiger partial charge >= 0.3 is 5.97 Å². The molecule has 1 heterocycles. The Hall–Kier alpha value is -1.82. The number of sulfonamides is 1. The highest BCUT2D eigenvalue weighted by Crippen LogP contribution is 2.28. The van der Waals surface area contributed by atoms with Crippen molar-refractivity contribution in [3.8, 4) is 5.75 Å². The van der Waals surface area contributed by atoms with Gasteiger partial charge in [0, 0.05) is 22.6 Å². The first kappa shape index (κ1) is 16.5. The summed E-state index contributed by atoms with van der Waals surface area (Å²) in [6, 6.07) is 4.18. The van der Waals surface area contributed by atoms with E-state index in [4.69, 9.17) is 9.15 Å². The summed E-state index contributed by atoms with van der Waals surface area (Å²) in [5.74, 6) is -0.386. The van der Waals surface area contributed by atoms with Gasteiger partial charge in [0.2, 0.25) is 5.03 Å². The number of hydrogen-bond donors (Lipinski definition) is 1. The molecular weight excluding hydrogens is 427 g/mol. The summed E-state index contributed by atoms with van der Waals surface area (Å²) in [6.07, 6.45) is 1.03. The molecule has 0 aliphatic heterocycles. The number of nitrogens with one attached hydrogen (secondary N) is 1. The maximum absolute atomic E-state index is 12.2. The topological polar surface area (TPSA) is 108 Å². The second-order valence-corrected chi connectivity index (χ2v) is 6.50. The van der Waals surface area contributed by atoms with Crippen LogP contribution in [0, 0.1) is 3.90 Å². The second kappa shape index (κ2) is 6.52. The third-order valence-corrected chi connectivity index (χ3v) is 4.32. The van der Waals surface area contributed by atoms with Crippen LogP contribution < -0.4 is 9.46 Å². The molecule has 0 atom stereocenters. The summed E-state index contributed by atoms with van der Waals surface area (Å²) in [6.45, 7) is 0. The van der Waals surface area contributed by atoms with E-state index in [1.807, 2.05) is 0 Å². The van der Waals surface area contributed by atoms with Gasteiger partial charge < -0.3 is 13.9 Å². The van der Waals surface area contributed by atoms with Gasteiger partial charge in [0.1, 0.15) is 12.0 Å². The van der Waals surface area contributed by atoms with E-state index in [0.29, 0.717) is 0 Å². The maximum atomic E-state index is 12.2. The van der Waals surface area contributed by atoms with Crippen molar-refractivity contribution in [2.24, 2.45) is 0 Å². The summed E-state index contributed by atoms with van der Waals surface area (Å²) in [7, 11) is -1.32. The molecule has 0 fully saturated rings. The molecule has 0 bridgehead atoms. The molecule has 0 saturated carbocycles. The molecule has 10 heteroatoms. The van der Waals surface area contributed by atoms with Gasteiger partial charge in [-0.1, -0.05) is 0 Å². The van der Waals surface area contributed by atoms with Crippen molar-refractivity contribution in [1.29, 1.82) is 0 Å². The number of nitrogens with zero attached hydrogens (tertiary/aromatic N) is 1. The monoisotopic (exact) mass is 438 g/mol. The summed E-state index contributed by atoms with van der Waals surface area (Å²) < 4.78 is 41.4. The average Bonchev–Trinajstić information content (AvgIpc) is 2.94. The molecule has 0 saturated heterocycles. The molecule has 1 aromatic carbocycles. The molecular formula is C12H11IN2O6S. The first-order chi connectivity index (χ1) is 10.4. The number of esters is 1. The predicted octanol–water partition coefficient (Wildman–Crippen LogP) is 1.88. The van der Waals surface area contributed by atoms with E-state index in [2.05, 4.69) is 14.4 Å². The van der Waals surface area contributed by atoms with Gasteiger partial charge in [0.15, 0.2) is 0 Å². The van der Waals surface area contributed by atoms with Crippen molar-refractivity contribution in [2.45, 2.75) is 5.03 Å². The van der Waals surface area contributed by atoms with E-state index < -0.39 is 16.0 Å². The number of carbonyl (C=O) groups excluding carboxylic acids is 1. The van der Waals surface area contributed by atoms with Crippen molar-refractivity contribution in [3.63, 3.8) is 0 Å². The smallest absolute Gasteiger partial charge is 0.337 e. The molecule has 0 aliphatic carbocycles. The van der Waals surface area contributed by atoms with Crippen LogP contribution in [0.5, 0.6) is 5.75 Å². The van der Waals surface area contributed by atoms with Gasteiger partial charge in [-0.2, -0.15) is 13.4 Å². The molecule has 1 N–H and O–H groups in total. The first-order valence-corrected chi connectivity index (χ1v) is 8.34. The minimum atomic E-state index is -3.92. The molecule has 0 aliphatic rings. The van der Waals surface area contributed by atoms with Crippen molar-refractivity contribution in [1.82, 2.24) is 4.98 Å². The number of methoxy groups -OCH3 is 2. The highest BCUT2D eigenvalue weighted by molar-refractivity contribution is 14.1. The molecule has 2 aromatic rings. The number of oxazole rings is 1. The number of anilines is 1. The first-order valence-electron chi connectivity index (χ1n) is 5.77. The van der Waals surface area contributed by atoms with Crippen molar-refractivity contribution in [2.75, 3.05) is 18.9 Å². The van der Waals surface area contributed by atoms with E-state index in [9.17, 15) is 13.2 Å². The second-order valence-electron chi connectivity index (χ2n) is 3.95. The molecule has 0 radical (unpaired) electrons. The normalized spacial score (nSPS) is 11.0. The SMILES string of the molecule is COC(=O)c1ccc(NS(=O)(=O)c2coc(I)n2)c(OC)c1. The van der Waals surface area contributed by atoms with Crippen molar-refractivity contribution >= 4 is 44.3 Å². The van der Waals surface area contributed by atoms with Crippen LogP contribution in [-0.2, 0) is 14.8 Å². The Morgan fingerprint density at radius 1 is 1.36 bits per heavy atom. The lowest BCUT2D eigenvalue weighted by atomic mass is 10.2. The fraction of sp³-hybridized carbons (Fsp3) is 0.167. The Labute approximate surface area is 140 Å². The van der Waals surface area contributed by atoms with Crippen LogP contribution >= 0.6 is 22.6 Å². The van der Waals surface area contributed by atoms with E-state index in [1.165, 1.54) is 32.4 Å². The molecule has 0 unspecified atom stereocenters. The molecule has 8 nitrogen and oxygen atoms in total. The van der Waals surface area contributed by atoms with Gasteiger partial charge in [-0.3, -0.25) is 4.72 Å². The van der Waals surface area contributed by atoms with Crippen LogP contribution in [0.15, 0.2) is 33.9 Å². The largest absolute Gasteiger partial charge is 0.495 e. The summed E-state index contributed by atoms with van der Waals surface area (Å²) in [5, 5.41) is -0.254. The lowest BCUT2D eigenvalue weighted by Gasteiger charge is -2.11. The zero-order valence-electron chi connectivity index (χ0n) is 11.5. The van der Waals surface area contributed by atoms with Gasteiger partial charge in [-0.25, -0.2) is 4.79 Å². The number of halogens is 1. The molecule has 22 heavy (non-hydrogen) atoms. The quantitative estimate of drug-likeness (QED) is 0.561. The third kappa shape index (κ3) is 3.50. The Morgan fingerprint density at radius 2 is 2.09 bits per heavy atom. The number of aromatic nitrogens is 1. The molecule has 0 spiro atoms. The average molecular weight is 438 g/mol. The predicted molar refractivity (Wildman–Crippen MR) is 84.4 cm³/mol. The lowest BCUT2D eigenvalue weighted by Crippen LogP contribution is -2.14.